The second kappa shape index (κ2) is 6.78. The number of nitrogens with one attached hydrogen (secondary N) is 1. The molecule has 12 heteroatoms. The van der Waals surface area contributed by atoms with E-state index in [0.29, 0.717) is 47.5 Å². The topological polar surface area (TPSA) is 124 Å². The first-order valence-corrected chi connectivity index (χ1v) is 12.8. The molecular weight excluding hydrogens is 449 g/mol. The molecule has 0 radical (unpaired) electrons. The van der Waals surface area contributed by atoms with Gasteiger partial charge in [0.05, 0.1) is 5.25 Å². The lowest BCUT2D eigenvalue weighted by atomic mass is 9.99. The third-order valence-corrected chi connectivity index (χ3v) is 9.77. The molecule has 2 aromatic carbocycles. The lowest BCUT2D eigenvalue weighted by molar-refractivity contribution is -0.117. The number of halogens is 1. The van der Waals surface area contributed by atoms with Crippen molar-refractivity contribution in [2.75, 3.05) is 17.4 Å². The Kier molecular flexibility index (Phi) is 4.47. The Morgan fingerprint density at radius 3 is 2.55 bits per heavy atom. The molecule has 1 atom stereocenters. The summed E-state index contributed by atoms with van der Waals surface area (Å²) >= 11 is 0. The van der Waals surface area contributed by atoms with Crippen molar-refractivity contribution in [1.82, 2.24) is 9.03 Å². The molecule has 2 saturated heterocycles. The zero-order valence-electron chi connectivity index (χ0n) is 16.3. The molecule has 0 aromatic heterocycles. The first kappa shape index (κ1) is 20.5. The molecular formula is C19H20FN3O6S2. The summed E-state index contributed by atoms with van der Waals surface area (Å²) in [6.07, 6.45) is 2.59. The standard InChI is InChI=1S/C19H20FN3O6S2/c20-18-14-8-12(15-2-1-7-22(15)30(26,27)13-5-6-13)4-3-11(14)9-16(24)19(18)23-10-17(25)21-31(23,28)29/h3-4,8-9,13,15,24H,1-2,5-7,10H2,(H,21,25). The Bertz CT molecular complexity index is 1320. The van der Waals surface area contributed by atoms with Crippen molar-refractivity contribution < 1.29 is 31.1 Å². The molecule has 1 aliphatic carbocycles. The summed E-state index contributed by atoms with van der Waals surface area (Å²) in [7, 11) is -7.72. The lowest BCUT2D eigenvalue weighted by Crippen LogP contribution is -2.33. The van der Waals surface area contributed by atoms with Crippen LogP contribution >= 0.6 is 0 Å². The van der Waals surface area contributed by atoms with Crippen LogP contribution in [0.15, 0.2) is 24.3 Å². The van der Waals surface area contributed by atoms with Gasteiger partial charge in [0, 0.05) is 18.0 Å². The predicted molar refractivity (Wildman–Crippen MR) is 111 cm³/mol. The highest BCUT2D eigenvalue weighted by Crippen LogP contribution is 2.43. The first-order chi connectivity index (χ1) is 14.6. The molecule has 2 aliphatic heterocycles. The molecule has 5 rings (SSSR count). The normalized spacial score (nSPS) is 24.1. The Morgan fingerprint density at radius 2 is 1.90 bits per heavy atom. The van der Waals surface area contributed by atoms with E-state index in [9.17, 15) is 26.7 Å². The van der Waals surface area contributed by atoms with Gasteiger partial charge in [0.15, 0.2) is 5.82 Å². The van der Waals surface area contributed by atoms with E-state index < -0.39 is 56.0 Å². The van der Waals surface area contributed by atoms with Crippen molar-refractivity contribution in [3.05, 3.63) is 35.6 Å². The average molecular weight is 470 g/mol. The van der Waals surface area contributed by atoms with Gasteiger partial charge in [-0.2, -0.15) is 12.7 Å². The average Bonchev–Trinajstić information content (AvgIpc) is 3.37. The summed E-state index contributed by atoms with van der Waals surface area (Å²) in [5, 5.41) is 10.3. The van der Waals surface area contributed by atoms with Crippen molar-refractivity contribution in [2.24, 2.45) is 0 Å². The van der Waals surface area contributed by atoms with Gasteiger partial charge in [-0.25, -0.2) is 21.8 Å². The van der Waals surface area contributed by atoms with Crippen LogP contribution in [0.5, 0.6) is 5.75 Å². The molecule has 0 bridgehead atoms. The van der Waals surface area contributed by atoms with Gasteiger partial charge in [0.25, 0.3) is 5.91 Å². The summed E-state index contributed by atoms with van der Waals surface area (Å²) in [6.45, 7) is -0.237. The summed E-state index contributed by atoms with van der Waals surface area (Å²) in [4.78, 5) is 11.5. The van der Waals surface area contributed by atoms with E-state index in [4.69, 9.17) is 0 Å². The minimum Gasteiger partial charge on any atom is -0.506 e. The number of carbonyl (C=O) groups is 1. The van der Waals surface area contributed by atoms with Crippen molar-refractivity contribution in [1.29, 1.82) is 0 Å². The summed E-state index contributed by atoms with van der Waals surface area (Å²) in [6, 6.07) is 5.56. The van der Waals surface area contributed by atoms with Crippen LogP contribution in [0.3, 0.4) is 0 Å². The van der Waals surface area contributed by atoms with E-state index in [1.54, 1.807) is 16.9 Å². The lowest BCUT2D eigenvalue weighted by Gasteiger charge is -2.25. The fourth-order valence-corrected chi connectivity index (χ4v) is 7.61. The highest BCUT2D eigenvalue weighted by atomic mass is 32.2. The number of fused-ring (bicyclic) bond motifs is 1. The van der Waals surface area contributed by atoms with E-state index in [-0.39, 0.29) is 10.6 Å². The zero-order valence-corrected chi connectivity index (χ0v) is 17.9. The van der Waals surface area contributed by atoms with Crippen LogP contribution in [0.25, 0.3) is 10.8 Å². The van der Waals surface area contributed by atoms with Crippen LogP contribution in [-0.4, -0.2) is 50.5 Å². The Balaban J connectivity index is 1.61. The Hall–Kier alpha value is -2.44. The van der Waals surface area contributed by atoms with Crippen LogP contribution in [-0.2, 0) is 25.0 Å². The highest BCUT2D eigenvalue weighted by molar-refractivity contribution is 7.92. The first-order valence-electron chi connectivity index (χ1n) is 9.88. The van der Waals surface area contributed by atoms with Gasteiger partial charge in [-0.05, 0) is 48.8 Å². The molecule has 3 aliphatic rings. The number of sulfonamides is 1. The number of benzene rings is 2. The fourth-order valence-electron chi connectivity index (χ4n) is 4.37. The maximum absolute atomic E-state index is 15.5. The maximum Gasteiger partial charge on any atom is 0.326 e. The molecule has 1 amide bonds. The maximum atomic E-state index is 15.5. The van der Waals surface area contributed by atoms with E-state index in [0.717, 1.165) is 0 Å². The van der Waals surface area contributed by atoms with Crippen molar-refractivity contribution in [3.63, 3.8) is 0 Å². The number of anilines is 1. The monoisotopic (exact) mass is 469 g/mol. The van der Waals surface area contributed by atoms with E-state index in [2.05, 4.69) is 0 Å². The molecule has 1 unspecified atom stereocenters. The molecule has 1 saturated carbocycles. The third-order valence-electron chi connectivity index (χ3n) is 5.99. The second-order valence-electron chi connectivity index (χ2n) is 8.09. The minimum atomic E-state index is -4.31. The van der Waals surface area contributed by atoms with Gasteiger partial charge < -0.3 is 5.11 Å². The number of carbonyl (C=O) groups excluding carboxylic acids is 1. The van der Waals surface area contributed by atoms with Gasteiger partial charge in [0.2, 0.25) is 10.0 Å². The van der Waals surface area contributed by atoms with Crippen LogP contribution < -0.4 is 9.03 Å². The van der Waals surface area contributed by atoms with E-state index in [1.807, 2.05) is 0 Å². The summed E-state index contributed by atoms with van der Waals surface area (Å²) in [5.41, 5.74) is -0.0138. The summed E-state index contributed by atoms with van der Waals surface area (Å²) in [5.74, 6) is -2.44. The third kappa shape index (κ3) is 3.24. The van der Waals surface area contributed by atoms with Gasteiger partial charge in [-0.15, -0.1) is 0 Å². The number of amides is 1. The molecule has 166 valence electrons. The number of phenolic OH excluding ortho intramolecular Hbond substituents is 1. The van der Waals surface area contributed by atoms with Gasteiger partial charge in [-0.3, -0.25) is 4.79 Å². The van der Waals surface area contributed by atoms with E-state index >= 15 is 4.39 Å². The molecule has 3 fully saturated rings. The van der Waals surface area contributed by atoms with Crippen molar-refractivity contribution in [2.45, 2.75) is 37.0 Å². The molecule has 0 spiro atoms. The smallest absolute Gasteiger partial charge is 0.326 e. The van der Waals surface area contributed by atoms with Gasteiger partial charge >= 0.3 is 10.2 Å². The highest BCUT2D eigenvalue weighted by Gasteiger charge is 2.45. The number of phenols is 1. The molecule has 2 heterocycles. The van der Waals surface area contributed by atoms with Crippen molar-refractivity contribution >= 4 is 42.6 Å². The van der Waals surface area contributed by atoms with Crippen LogP contribution in [0.2, 0.25) is 0 Å². The number of aromatic hydroxyl groups is 1. The molecule has 2 N–H and O–H groups in total. The zero-order chi connectivity index (χ0) is 22.1. The quantitative estimate of drug-likeness (QED) is 0.699. The number of hydrogen-bond donors (Lipinski definition) is 2. The Morgan fingerprint density at radius 1 is 1.16 bits per heavy atom. The predicted octanol–water partition coefficient (Wildman–Crippen LogP) is 1.49. The summed E-state index contributed by atoms with van der Waals surface area (Å²) < 4.78 is 69.1. The second-order valence-corrected chi connectivity index (χ2v) is 11.8. The van der Waals surface area contributed by atoms with Crippen LogP contribution in [0.1, 0.15) is 37.3 Å². The van der Waals surface area contributed by atoms with Crippen LogP contribution in [0.4, 0.5) is 10.1 Å². The molecule has 9 nitrogen and oxygen atoms in total. The minimum absolute atomic E-state index is 0.0375. The number of nitrogens with zero attached hydrogens (tertiary/aromatic N) is 2. The van der Waals surface area contributed by atoms with Gasteiger partial charge in [0.1, 0.15) is 18.0 Å². The molecule has 2 aromatic rings. The SMILES string of the molecule is O=C1CN(c2c(O)cc3ccc(C4CCCN4S(=O)(=O)C4CC4)cc3c2F)S(=O)(=O)N1. The largest absolute Gasteiger partial charge is 0.506 e. The van der Waals surface area contributed by atoms with Gasteiger partial charge in [-0.1, -0.05) is 12.1 Å². The number of hydrogen-bond acceptors (Lipinski definition) is 6. The fraction of sp³-hybridized carbons (Fsp3) is 0.421. The number of rotatable bonds is 4. The van der Waals surface area contributed by atoms with Crippen LogP contribution in [0, 0.1) is 5.82 Å². The van der Waals surface area contributed by atoms with E-state index in [1.165, 1.54) is 16.4 Å². The Labute approximate surface area is 178 Å². The van der Waals surface area contributed by atoms with Crippen molar-refractivity contribution in [3.8, 4) is 5.75 Å². The molecule has 31 heavy (non-hydrogen) atoms.